The Bertz CT molecular complexity index is 888. The van der Waals surface area contributed by atoms with Crippen LogP contribution in [-0.4, -0.2) is 19.5 Å². The second-order valence-electron chi connectivity index (χ2n) is 4.72. The van der Waals surface area contributed by atoms with Crippen molar-refractivity contribution in [2.45, 2.75) is 13.6 Å². The summed E-state index contributed by atoms with van der Waals surface area (Å²) in [7, 11) is 0. The molecule has 1 amide bonds. The number of nitrogens with zero attached hydrogens (tertiary/aromatic N) is 2. The summed E-state index contributed by atoms with van der Waals surface area (Å²) in [5.74, 6) is -0.895. The van der Waals surface area contributed by atoms with E-state index in [1.54, 1.807) is 18.2 Å². The zero-order valence-electron chi connectivity index (χ0n) is 12.5. The maximum Gasteiger partial charge on any atom is 0.290 e. The zero-order valence-corrected chi connectivity index (χ0v) is 15.6. The first-order chi connectivity index (χ1) is 12.1. The molecule has 0 aromatic heterocycles. The molecule has 0 atom stereocenters. The van der Waals surface area contributed by atoms with Crippen LogP contribution in [0.5, 0.6) is 0 Å². The van der Waals surface area contributed by atoms with E-state index in [2.05, 4.69) is 5.32 Å². The second kappa shape index (κ2) is 8.09. The largest absolute Gasteiger partial charge is 0.321 e. The molecule has 0 saturated heterocycles. The Morgan fingerprint density at radius 2 is 1.65 bits per heavy atom. The Hall–Kier alpha value is -2.07. The number of nitro benzene ring substituents is 2. The van der Waals surface area contributed by atoms with E-state index in [-0.39, 0.29) is 10.6 Å². The van der Waals surface area contributed by atoms with E-state index in [1.807, 2.05) is 0 Å². The van der Waals surface area contributed by atoms with Crippen molar-refractivity contribution in [3.05, 3.63) is 62.7 Å². The molecule has 1 N–H and O–H groups in total. The molecule has 2 aromatic carbocycles. The SMILES string of the molecule is O=C(Nc1ccccc1Sc1ccc([N+](=O)[O-])cc1[N+](=O)[O-])C(Cl)(Cl)Cl. The number of benzene rings is 2. The highest BCUT2D eigenvalue weighted by atomic mass is 35.6. The van der Waals surface area contributed by atoms with Crippen LogP contribution in [0, 0.1) is 20.2 Å². The highest BCUT2D eigenvalue weighted by Gasteiger charge is 2.31. The van der Waals surface area contributed by atoms with Crippen LogP contribution in [-0.2, 0) is 4.79 Å². The van der Waals surface area contributed by atoms with Crippen molar-refractivity contribution >= 4 is 69.5 Å². The van der Waals surface area contributed by atoms with E-state index in [0.29, 0.717) is 4.90 Å². The lowest BCUT2D eigenvalue weighted by Gasteiger charge is -2.14. The molecule has 0 aliphatic carbocycles. The van der Waals surface area contributed by atoms with Crippen LogP contribution in [0.25, 0.3) is 0 Å². The Morgan fingerprint density at radius 3 is 2.23 bits per heavy atom. The summed E-state index contributed by atoms with van der Waals surface area (Å²) in [6.45, 7) is 0. The number of non-ortho nitro benzene ring substituents is 1. The summed E-state index contributed by atoms with van der Waals surface area (Å²) in [5, 5.41) is 24.4. The molecular weight excluding hydrogens is 429 g/mol. The number of carbonyl (C=O) groups is 1. The molecule has 0 bridgehead atoms. The molecule has 136 valence electrons. The normalized spacial score (nSPS) is 11.0. The van der Waals surface area contributed by atoms with Crippen LogP contribution in [0.4, 0.5) is 17.1 Å². The third-order valence-electron chi connectivity index (χ3n) is 2.96. The summed E-state index contributed by atoms with van der Waals surface area (Å²) in [4.78, 5) is 33.0. The lowest BCUT2D eigenvalue weighted by atomic mass is 10.3. The van der Waals surface area contributed by atoms with Crippen LogP contribution in [0.15, 0.2) is 52.3 Å². The minimum atomic E-state index is -2.18. The zero-order chi connectivity index (χ0) is 19.5. The molecule has 26 heavy (non-hydrogen) atoms. The molecule has 0 aliphatic rings. The van der Waals surface area contributed by atoms with Crippen LogP contribution < -0.4 is 5.32 Å². The number of nitrogens with one attached hydrogen (secondary N) is 1. The van der Waals surface area contributed by atoms with Gasteiger partial charge >= 0.3 is 0 Å². The molecule has 8 nitrogen and oxygen atoms in total. The maximum absolute atomic E-state index is 11.8. The van der Waals surface area contributed by atoms with Gasteiger partial charge in [-0.2, -0.15) is 0 Å². The van der Waals surface area contributed by atoms with Crippen LogP contribution in [0.1, 0.15) is 0 Å². The molecule has 0 unspecified atom stereocenters. The number of rotatable bonds is 5. The van der Waals surface area contributed by atoms with Gasteiger partial charge in [0.15, 0.2) is 0 Å². The lowest BCUT2D eigenvalue weighted by Crippen LogP contribution is -2.27. The number of alkyl halides is 3. The summed E-state index contributed by atoms with van der Waals surface area (Å²) >= 11 is 17.5. The Morgan fingerprint density at radius 1 is 1.00 bits per heavy atom. The smallest absolute Gasteiger partial charge is 0.290 e. The average molecular weight is 437 g/mol. The molecule has 0 heterocycles. The quantitative estimate of drug-likeness (QED) is 0.402. The van der Waals surface area contributed by atoms with Gasteiger partial charge in [-0.1, -0.05) is 58.7 Å². The van der Waals surface area contributed by atoms with Crippen molar-refractivity contribution in [1.29, 1.82) is 0 Å². The van der Waals surface area contributed by atoms with E-state index < -0.39 is 30.9 Å². The number of hydrogen-bond acceptors (Lipinski definition) is 6. The van der Waals surface area contributed by atoms with Gasteiger partial charge in [-0.05, 0) is 18.2 Å². The summed E-state index contributed by atoms with van der Waals surface area (Å²) in [5.41, 5.74) is -0.577. The standard InChI is InChI=1S/C14H8Cl3N3O5S/c15-14(16,17)13(21)18-9-3-1-2-4-11(9)26-12-6-5-8(19(22)23)7-10(12)20(24)25/h1-7H,(H,18,21). The van der Waals surface area contributed by atoms with Gasteiger partial charge < -0.3 is 5.32 Å². The first kappa shape index (κ1) is 20.2. The summed E-state index contributed by atoms with van der Waals surface area (Å²) < 4.78 is -2.18. The van der Waals surface area contributed by atoms with E-state index in [0.717, 1.165) is 23.9 Å². The van der Waals surface area contributed by atoms with Gasteiger partial charge in [-0.3, -0.25) is 25.0 Å². The van der Waals surface area contributed by atoms with E-state index in [9.17, 15) is 25.0 Å². The van der Waals surface area contributed by atoms with Crippen molar-refractivity contribution in [2.75, 3.05) is 5.32 Å². The molecule has 0 spiro atoms. The fourth-order valence-electron chi connectivity index (χ4n) is 1.82. The molecule has 0 fully saturated rings. The average Bonchev–Trinajstić information content (AvgIpc) is 2.55. The lowest BCUT2D eigenvalue weighted by molar-refractivity contribution is -0.396. The van der Waals surface area contributed by atoms with Crippen molar-refractivity contribution in [1.82, 2.24) is 0 Å². The first-order valence-corrected chi connectivity index (χ1v) is 8.62. The number of hydrogen-bond donors (Lipinski definition) is 1. The third-order valence-corrected chi connectivity index (χ3v) is 4.62. The van der Waals surface area contributed by atoms with Crippen molar-refractivity contribution in [3.63, 3.8) is 0 Å². The predicted molar refractivity (Wildman–Crippen MR) is 99.2 cm³/mol. The van der Waals surface area contributed by atoms with E-state index >= 15 is 0 Å². The van der Waals surface area contributed by atoms with Gasteiger partial charge in [0, 0.05) is 11.0 Å². The van der Waals surface area contributed by atoms with Crippen LogP contribution in [0.2, 0.25) is 0 Å². The predicted octanol–water partition coefficient (Wildman–Crippen LogP) is 4.96. The number of amides is 1. The van der Waals surface area contributed by atoms with Crippen LogP contribution >= 0.6 is 46.6 Å². The maximum atomic E-state index is 11.8. The van der Waals surface area contributed by atoms with Crippen LogP contribution in [0.3, 0.4) is 0 Å². The van der Waals surface area contributed by atoms with Crippen molar-refractivity contribution in [3.8, 4) is 0 Å². The van der Waals surface area contributed by atoms with Crippen molar-refractivity contribution in [2.24, 2.45) is 0 Å². The minimum absolute atomic E-state index is 0.149. The molecule has 0 radical (unpaired) electrons. The molecule has 2 aromatic rings. The fraction of sp³-hybridized carbons (Fsp3) is 0.0714. The Balaban J connectivity index is 2.39. The number of halogens is 3. The van der Waals surface area contributed by atoms with Gasteiger partial charge in [-0.15, -0.1) is 0 Å². The minimum Gasteiger partial charge on any atom is -0.321 e. The highest BCUT2D eigenvalue weighted by Crippen LogP contribution is 2.40. The van der Waals surface area contributed by atoms with E-state index in [1.165, 1.54) is 12.1 Å². The van der Waals surface area contributed by atoms with E-state index in [4.69, 9.17) is 34.8 Å². The fourth-order valence-corrected chi connectivity index (χ4v) is 2.95. The molecule has 0 saturated carbocycles. The molecule has 12 heteroatoms. The van der Waals surface area contributed by atoms with Gasteiger partial charge in [0.05, 0.1) is 26.5 Å². The van der Waals surface area contributed by atoms with Gasteiger partial charge in [-0.25, -0.2) is 0 Å². The Kier molecular flexibility index (Phi) is 6.30. The highest BCUT2D eigenvalue weighted by molar-refractivity contribution is 7.99. The van der Waals surface area contributed by atoms with Gasteiger partial charge in [0.25, 0.3) is 21.1 Å². The number of nitro groups is 2. The first-order valence-electron chi connectivity index (χ1n) is 6.67. The third kappa shape index (κ3) is 4.98. The van der Waals surface area contributed by atoms with Gasteiger partial charge in [0.2, 0.25) is 0 Å². The number of anilines is 1. The molecular formula is C14H8Cl3N3O5S. The summed E-state index contributed by atoms with van der Waals surface area (Å²) in [6, 6.07) is 9.64. The topological polar surface area (TPSA) is 115 Å². The monoisotopic (exact) mass is 435 g/mol. The molecule has 0 aliphatic heterocycles. The summed E-state index contributed by atoms with van der Waals surface area (Å²) in [6.07, 6.45) is 0. The molecule has 2 rings (SSSR count). The second-order valence-corrected chi connectivity index (χ2v) is 8.08. The van der Waals surface area contributed by atoms with Gasteiger partial charge in [0.1, 0.15) is 0 Å². The Labute approximate surface area is 165 Å². The number of para-hydroxylation sites is 1. The van der Waals surface area contributed by atoms with Crippen molar-refractivity contribution < 1.29 is 14.6 Å². The number of carbonyl (C=O) groups excluding carboxylic acids is 1.